The van der Waals surface area contributed by atoms with Crippen molar-refractivity contribution >= 4 is 0 Å². The standard InChI is InChI=1S/C11H18O/c1-4-10(2)7-5-6-8-11(3)9-12/h5-8,12H,4,9H2,1-3H3/b6-5+,10-7+,11-8+. The highest BCUT2D eigenvalue weighted by molar-refractivity contribution is 5.17. The molecule has 1 N–H and O–H groups in total. The van der Waals surface area contributed by atoms with Gasteiger partial charge >= 0.3 is 0 Å². The van der Waals surface area contributed by atoms with E-state index in [4.69, 9.17) is 5.11 Å². The summed E-state index contributed by atoms with van der Waals surface area (Å²) in [6.07, 6.45) is 9.04. The van der Waals surface area contributed by atoms with Crippen LogP contribution in [0.15, 0.2) is 35.5 Å². The van der Waals surface area contributed by atoms with Gasteiger partial charge in [-0.2, -0.15) is 0 Å². The number of hydrogen-bond donors (Lipinski definition) is 1. The second kappa shape index (κ2) is 6.86. The summed E-state index contributed by atoms with van der Waals surface area (Å²) in [5.74, 6) is 0. The molecule has 0 radical (unpaired) electrons. The zero-order valence-corrected chi connectivity index (χ0v) is 8.17. The Labute approximate surface area is 75.1 Å². The molecule has 0 amide bonds. The molecule has 12 heavy (non-hydrogen) atoms. The summed E-state index contributed by atoms with van der Waals surface area (Å²) in [5.41, 5.74) is 2.34. The Morgan fingerprint density at radius 3 is 2.00 bits per heavy atom. The third kappa shape index (κ3) is 5.93. The summed E-state index contributed by atoms with van der Waals surface area (Å²) < 4.78 is 0. The van der Waals surface area contributed by atoms with Crippen molar-refractivity contribution in [3.8, 4) is 0 Å². The van der Waals surface area contributed by atoms with Gasteiger partial charge in [0.1, 0.15) is 0 Å². The predicted octanol–water partition coefficient (Wildman–Crippen LogP) is 2.84. The van der Waals surface area contributed by atoms with E-state index in [1.807, 2.05) is 25.2 Å². The van der Waals surface area contributed by atoms with E-state index < -0.39 is 0 Å². The van der Waals surface area contributed by atoms with Crippen molar-refractivity contribution < 1.29 is 5.11 Å². The average molecular weight is 166 g/mol. The van der Waals surface area contributed by atoms with Gasteiger partial charge in [-0.05, 0) is 25.8 Å². The van der Waals surface area contributed by atoms with E-state index in [9.17, 15) is 0 Å². The molecule has 0 rings (SSSR count). The lowest BCUT2D eigenvalue weighted by molar-refractivity contribution is 0.331. The van der Waals surface area contributed by atoms with Crippen LogP contribution in [-0.4, -0.2) is 11.7 Å². The van der Waals surface area contributed by atoms with E-state index >= 15 is 0 Å². The molecule has 1 nitrogen and oxygen atoms in total. The van der Waals surface area contributed by atoms with Crippen LogP contribution in [0.3, 0.4) is 0 Å². The molecule has 0 fully saturated rings. The minimum atomic E-state index is 0.140. The highest BCUT2D eigenvalue weighted by Gasteiger charge is 1.80. The molecule has 0 atom stereocenters. The normalized spacial score (nSPS) is 14.3. The first-order valence-electron chi connectivity index (χ1n) is 4.31. The Morgan fingerprint density at radius 2 is 1.58 bits per heavy atom. The summed E-state index contributed by atoms with van der Waals surface area (Å²) in [6.45, 7) is 6.28. The van der Waals surface area contributed by atoms with Crippen LogP contribution in [0.2, 0.25) is 0 Å². The molecule has 0 aromatic carbocycles. The third-order valence-electron chi connectivity index (χ3n) is 1.68. The molecular weight excluding hydrogens is 148 g/mol. The Morgan fingerprint density at radius 1 is 1.08 bits per heavy atom. The zero-order valence-electron chi connectivity index (χ0n) is 8.17. The molecule has 0 bridgehead atoms. The lowest BCUT2D eigenvalue weighted by Gasteiger charge is -1.89. The summed E-state index contributed by atoms with van der Waals surface area (Å²) in [4.78, 5) is 0. The van der Waals surface area contributed by atoms with E-state index in [-0.39, 0.29) is 6.61 Å². The molecule has 0 aromatic heterocycles. The Kier molecular flexibility index (Phi) is 6.39. The maximum atomic E-state index is 8.67. The molecule has 1 heteroatoms. The van der Waals surface area contributed by atoms with E-state index in [0.717, 1.165) is 12.0 Å². The minimum absolute atomic E-state index is 0.140. The van der Waals surface area contributed by atoms with Gasteiger partial charge in [-0.3, -0.25) is 0 Å². The van der Waals surface area contributed by atoms with Crippen LogP contribution >= 0.6 is 0 Å². The van der Waals surface area contributed by atoms with Crippen molar-refractivity contribution in [1.29, 1.82) is 0 Å². The van der Waals surface area contributed by atoms with Crippen molar-refractivity contribution in [3.63, 3.8) is 0 Å². The van der Waals surface area contributed by atoms with Crippen LogP contribution in [0.5, 0.6) is 0 Å². The average Bonchev–Trinajstić information content (AvgIpc) is 2.11. The van der Waals surface area contributed by atoms with Crippen molar-refractivity contribution in [2.24, 2.45) is 0 Å². The van der Waals surface area contributed by atoms with Crippen molar-refractivity contribution in [2.75, 3.05) is 6.61 Å². The van der Waals surface area contributed by atoms with E-state index in [1.165, 1.54) is 5.57 Å². The SMILES string of the molecule is CC/C(C)=C/C=C/C=C(\C)CO. The Bertz CT molecular complexity index is 175. The summed E-state index contributed by atoms with van der Waals surface area (Å²) >= 11 is 0. The molecule has 0 unspecified atom stereocenters. The molecule has 0 saturated heterocycles. The zero-order chi connectivity index (χ0) is 9.40. The first-order valence-corrected chi connectivity index (χ1v) is 4.31. The quantitative estimate of drug-likeness (QED) is 0.637. The summed E-state index contributed by atoms with van der Waals surface area (Å²) in [7, 11) is 0. The fraction of sp³-hybridized carbons (Fsp3) is 0.455. The maximum Gasteiger partial charge on any atom is 0.0642 e. The molecule has 0 heterocycles. The van der Waals surface area contributed by atoms with Crippen LogP contribution in [0.25, 0.3) is 0 Å². The number of allylic oxidation sites excluding steroid dienone is 5. The van der Waals surface area contributed by atoms with E-state index in [0.29, 0.717) is 0 Å². The molecule has 0 aromatic rings. The molecule has 0 aliphatic carbocycles. The molecule has 0 spiro atoms. The molecular formula is C11H18O. The van der Waals surface area contributed by atoms with Gasteiger partial charge in [0.25, 0.3) is 0 Å². The highest BCUT2D eigenvalue weighted by atomic mass is 16.3. The first kappa shape index (κ1) is 11.2. The van der Waals surface area contributed by atoms with Crippen molar-refractivity contribution in [1.82, 2.24) is 0 Å². The minimum Gasteiger partial charge on any atom is -0.392 e. The largest absolute Gasteiger partial charge is 0.392 e. The van der Waals surface area contributed by atoms with E-state index in [1.54, 1.807) is 0 Å². The number of hydrogen-bond acceptors (Lipinski definition) is 1. The lowest BCUT2D eigenvalue weighted by atomic mass is 10.2. The molecule has 0 saturated carbocycles. The van der Waals surface area contributed by atoms with Gasteiger partial charge in [-0.1, -0.05) is 36.8 Å². The van der Waals surface area contributed by atoms with Gasteiger partial charge in [0.2, 0.25) is 0 Å². The number of aliphatic hydroxyl groups is 1. The Hall–Kier alpha value is -0.820. The second-order valence-corrected chi connectivity index (χ2v) is 2.92. The highest BCUT2D eigenvalue weighted by Crippen LogP contribution is 1.98. The molecule has 0 aliphatic rings. The van der Waals surface area contributed by atoms with Gasteiger partial charge in [0, 0.05) is 0 Å². The van der Waals surface area contributed by atoms with Crippen molar-refractivity contribution in [2.45, 2.75) is 27.2 Å². The smallest absolute Gasteiger partial charge is 0.0642 e. The van der Waals surface area contributed by atoms with Gasteiger partial charge in [-0.25, -0.2) is 0 Å². The van der Waals surface area contributed by atoms with Gasteiger partial charge in [0.15, 0.2) is 0 Å². The third-order valence-corrected chi connectivity index (χ3v) is 1.68. The molecule has 0 aliphatic heterocycles. The lowest BCUT2D eigenvalue weighted by Crippen LogP contribution is -1.80. The number of aliphatic hydroxyl groups excluding tert-OH is 1. The molecule has 68 valence electrons. The topological polar surface area (TPSA) is 20.2 Å². The second-order valence-electron chi connectivity index (χ2n) is 2.92. The van der Waals surface area contributed by atoms with Crippen LogP contribution in [0.1, 0.15) is 27.2 Å². The Balaban J connectivity index is 3.93. The van der Waals surface area contributed by atoms with Crippen LogP contribution in [0.4, 0.5) is 0 Å². The first-order chi connectivity index (χ1) is 5.70. The van der Waals surface area contributed by atoms with Crippen LogP contribution in [-0.2, 0) is 0 Å². The van der Waals surface area contributed by atoms with E-state index in [2.05, 4.69) is 19.9 Å². The van der Waals surface area contributed by atoms with Crippen LogP contribution < -0.4 is 0 Å². The number of rotatable bonds is 4. The van der Waals surface area contributed by atoms with Gasteiger partial charge in [-0.15, -0.1) is 0 Å². The fourth-order valence-corrected chi connectivity index (χ4v) is 0.610. The fourth-order valence-electron chi connectivity index (χ4n) is 0.610. The predicted molar refractivity (Wildman–Crippen MR) is 54.0 cm³/mol. The summed E-state index contributed by atoms with van der Waals surface area (Å²) in [5, 5.41) is 8.67. The van der Waals surface area contributed by atoms with Gasteiger partial charge < -0.3 is 5.11 Å². The van der Waals surface area contributed by atoms with Gasteiger partial charge in [0.05, 0.1) is 6.61 Å². The van der Waals surface area contributed by atoms with Crippen molar-refractivity contribution in [3.05, 3.63) is 35.5 Å². The monoisotopic (exact) mass is 166 g/mol. The summed E-state index contributed by atoms with van der Waals surface area (Å²) in [6, 6.07) is 0. The van der Waals surface area contributed by atoms with Crippen LogP contribution in [0, 0.1) is 0 Å². The maximum absolute atomic E-state index is 8.67.